The van der Waals surface area contributed by atoms with Crippen molar-refractivity contribution in [2.75, 3.05) is 6.61 Å². The van der Waals surface area contributed by atoms with Gasteiger partial charge in [-0.3, -0.25) is 0 Å². The first-order chi connectivity index (χ1) is 10.7. The van der Waals surface area contributed by atoms with Gasteiger partial charge in [-0.15, -0.1) is 21.5 Å². The number of hydrogen-bond acceptors (Lipinski definition) is 5. The highest BCUT2D eigenvalue weighted by Gasteiger charge is 2.34. The summed E-state index contributed by atoms with van der Waals surface area (Å²) in [4.78, 5) is 19.1. The minimum absolute atomic E-state index is 0.156. The first-order valence-corrected chi connectivity index (χ1v) is 7.11. The summed E-state index contributed by atoms with van der Waals surface area (Å²) in [6.07, 6.45) is -4.53. The lowest BCUT2D eigenvalue weighted by Crippen LogP contribution is -2.07. The molecular formula is C13H10F4N2O3S. The van der Waals surface area contributed by atoms with Crippen LogP contribution in [0.15, 0.2) is 18.2 Å². The van der Waals surface area contributed by atoms with E-state index in [0.29, 0.717) is 21.6 Å². The van der Waals surface area contributed by atoms with Crippen LogP contribution in [0.4, 0.5) is 17.6 Å². The molecule has 0 spiro atoms. The molecule has 0 aliphatic heterocycles. The molecule has 0 saturated carbocycles. The SMILES string of the molecule is Cc1nc(-c2ccc(C(F)(F)F)c(F)c2)sc1CCO[N+](=O)[O-]. The van der Waals surface area contributed by atoms with Gasteiger partial charge >= 0.3 is 6.18 Å². The Morgan fingerprint density at radius 1 is 1.39 bits per heavy atom. The summed E-state index contributed by atoms with van der Waals surface area (Å²) in [5.41, 5.74) is -0.559. The van der Waals surface area contributed by atoms with Crippen LogP contribution in [0, 0.1) is 22.9 Å². The van der Waals surface area contributed by atoms with Crippen molar-refractivity contribution >= 4 is 11.3 Å². The summed E-state index contributed by atoms with van der Waals surface area (Å²) in [5, 5.41) is 9.51. The standard InChI is InChI=1S/C13H10F4N2O3S/c1-7-11(4-5-22-19(20)21)23-12(18-7)8-2-3-9(10(14)6-8)13(15,16)17/h2-3,6H,4-5H2,1H3. The molecule has 124 valence electrons. The molecule has 1 aromatic heterocycles. The third-order valence-electron chi connectivity index (χ3n) is 2.94. The molecule has 0 radical (unpaired) electrons. The lowest BCUT2D eigenvalue weighted by molar-refractivity contribution is -0.757. The lowest BCUT2D eigenvalue weighted by Gasteiger charge is -2.08. The molecule has 0 saturated heterocycles. The van der Waals surface area contributed by atoms with E-state index >= 15 is 0 Å². The second-order valence-electron chi connectivity index (χ2n) is 4.53. The van der Waals surface area contributed by atoms with E-state index in [1.165, 1.54) is 0 Å². The van der Waals surface area contributed by atoms with Gasteiger partial charge in [-0.2, -0.15) is 13.2 Å². The van der Waals surface area contributed by atoms with Gasteiger partial charge in [0.05, 0.1) is 11.3 Å². The fraction of sp³-hybridized carbons (Fsp3) is 0.308. The minimum Gasteiger partial charge on any atom is -0.314 e. The van der Waals surface area contributed by atoms with Crippen molar-refractivity contribution in [2.24, 2.45) is 0 Å². The summed E-state index contributed by atoms with van der Waals surface area (Å²) in [7, 11) is 0. The van der Waals surface area contributed by atoms with E-state index < -0.39 is 22.6 Å². The molecule has 0 unspecified atom stereocenters. The van der Waals surface area contributed by atoms with E-state index in [2.05, 4.69) is 9.82 Å². The Hall–Kier alpha value is -2.23. The average molecular weight is 350 g/mol. The molecule has 0 aliphatic carbocycles. The van der Waals surface area contributed by atoms with Crippen LogP contribution in [0.25, 0.3) is 10.6 Å². The molecule has 5 nitrogen and oxygen atoms in total. The van der Waals surface area contributed by atoms with E-state index in [0.717, 1.165) is 23.5 Å². The monoisotopic (exact) mass is 350 g/mol. The third kappa shape index (κ3) is 4.15. The second-order valence-corrected chi connectivity index (χ2v) is 5.61. The summed E-state index contributed by atoms with van der Waals surface area (Å²) in [5.74, 6) is -1.37. The summed E-state index contributed by atoms with van der Waals surface area (Å²) < 4.78 is 51.2. The maximum atomic E-state index is 13.6. The van der Waals surface area contributed by atoms with Crippen molar-refractivity contribution < 1.29 is 27.5 Å². The molecule has 23 heavy (non-hydrogen) atoms. The lowest BCUT2D eigenvalue weighted by atomic mass is 10.1. The summed E-state index contributed by atoms with van der Waals surface area (Å²) >= 11 is 1.12. The highest BCUT2D eigenvalue weighted by Crippen LogP contribution is 2.35. The Morgan fingerprint density at radius 3 is 2.65 bits per heavy atom. The number of rotatable bonds is 5. The van der Waals surface area contributed by atoms with E-state index in [-0.39, 0.29) is 18.6 Å². The molecule has 0 amide bonds. The molecule has 10 heteroatoms. The van der Waals surface area contributed by atoms with E-state index in [4.69, 9.17) is 0 Å². The number of aromatic nitrogens is 1. The predicted octanol–water partition coefficient (Wildman–Crippen LogP) is 4.03. The van der Waals surface area contributed by atoms with Gasteiger partial charge in [-0.05, 0) is 19.1 Å². The maximum absolute atomic E-state index is 13.6. The molecule has 0 atom stereocenters. The first-order valence-electron chi connectivity index (χ1n) is 6.29. The van der Waals surface area contributed by atoms with Crippen LogP contribution in [-0.4, -0.2) is 16.7 Å². The van der Waals surface area contributed by atoms with Crippen LogP contribution in [0.3, 0.4) is 0 Å². The van der Waals surface area contributed by atoms with Crippen molar-refractivity contribution in [3.05, 3.63) is 50.3 Å². The van der Waals surface area contributed by atoms with Crippen molar-refractivity contribution in [2.45, 2.75) is 19.5 Å². The van der Waals surface area contributed by atoms with Crippen LogP contribution in [0.1, 0.15) is 16.1 Å². The number of alkyl halides is 3. The number of benzene rings is 1. The first kappa shape index (κ1) is 17.1. The number of hydrogen-bond donors (Lipinski definition) is 0. The van der Waals surface area contributed by atoms with Crippen LogP contribution in [0.5, 0.6) is 0 Å². The Balaban J connectivity index is 2.23. The highest BCUT2D eigenvalue weighted by molar-refractivity contribution is 7.15. The molecular weight excluding hydrogens is 340 g/mol. The van der Waals surface area contributed by atoms with Gasteiger partial charge in [0.2, 0.25) is 0 Å². The van der Waals surface area contributed by atoms with E-state index in [1.54, 1.807) is 6.92 Å². The Morgan fingerprint density at radius 2 is 2.09 bits per heavy atom. The second kappa shape index (κ2) is 6.49. The van der Waals surface area contributed by atoms with Crippen molar-refractivity contribution in [1.82, 2.24) is 4.98 Å². The Labute approximate surface area is 131 Å². The Bertz CT molecular complexity index is 730. The maximum Gasteiger partial charge on any atom is 0.419 e. The molecule has 2 aromatic rings. The van der Waals surface area contributed by atoms with Gasteiger partial charge in [0.15, 0.2) is 0 Å². The zero-order valence-corrected chi connectivity index (χ0v) is 12.5. The Kier molecular flexibility index (Phi) is 4.83. The topological polar surface area (TPSA) is 65.3 Å². The number of aryl methyl sites for hydroxylation is 1. The van der Waals surface area contributed by atoms with Gasteiger partial charge in [0, 0.05) is 16.9 Å². The van der Waals surface area contributed by atoms with Gasteiger partial charge in [-0.1, -0.05) is 6.07 Å². The van der Waals surface area contributed by atoms with Crippen molar-refractivity contribution in [1.29, 1.82) is 0 Å². The number of thiazole rings is 1. The minimum atomic E-state index is -4.76. The molecule has 1 aromatic carbocycles. The quantitative estimate of drug-likeness (QED) is 0.464. The molecule has 0 aliphatic rings. The normalized spacial score (nSPS) is 11.5. The third-order valence-corrected chi connectivity index (χ3v) is 4.21. The summed E-state index contributed by atoms with van der Waals surface area (Å²) in [6, 6.07) is 2.58. The van der Waals surface area contributed by atoms with Crippen LogP contribution in [-0.2, 0) is 17.4 Å². The zero-order chi connectivity index (χ0) is 17.2. The van der Waals surface area contributed by atoms with Gasteiger partial charge < -0.3 is 4.84 Å². The average Bonchev–Trinajstić information content (AvgIpc) is 2.78. The van der Waals surface area contributed by atoms with Crippen molar-refractivity contribution in [3.8, 4) is 10.6 Å². The molecule has 0 bridgehead atoms. The van der Waals surface area contributed by atoms with Crippen LogP contribution >= 0.6 is 11.3 Å². The number of halogens is 4. The summed E-state index contributed by atoms with van der Waals surface area (Å²) in [6.45, 7) is 1.50. The highest BCUT2D eigenvalue weighted by atomic mass is 32.1. The molecule has 2 rings (SSSR count). The fourth-order valence-electron chi connectivity index (χ4n) is 1.87. The van der Waals surface area contributed by atoms with Crippen LogP contribution in [0.2, 0.25) is 0 Å². The van der Waals surface area contributed by atoms with E-state index in [1.807, 2.05) is 0 Å². The zero-order valence-electron chi connectivity index (χ0n) is 11.7. The largest absolute Gasteiger partial charge is 0.419 e. The van der Waals surface area contributed by atoms with E-state index in [9.17, 15) is 27.7 Å². The van der Waals surface area contributed by atoms with Gasteiger partial charge in [-0.25, -0.2) is 9.37 Å². The number of nitrogens with zero attached hydrogens (tertiary/aromatic N) is 2. The van der Waals surface area contributed by atoms with Gasteiger partial charge in [0.25, 0.3) is 5.09 Å². The fourth-order valence-corrected chi connectivity index (χ4v) is 2.91. The predicted molar refractivity (Wildman–Crippen MR) is 73.9 cm³/mol. The van der Waals surface area contributed by atoms with Crippen molar-refractivity contribution in [3.63, 3.8) is 0 Å². The molecule has 0 fully saturated rings. The van der Waals surface area contributed by atoms with Gasteiger partial charge in [0.1, 0.15) is 17.4 Å². The molecule has 0 N–H and O–H groups in total. The van der Waals surface area contributed by atoms with Crippen LogP contribution < -0.4 is 0 Å². The smallest absolute Gasteiger partial charge is 0.314 e. The molecule has 1 heterocycles.